The van der Waals surface area contributed by atoms with Gasteiger partial charge in [0.1, 0.15) is 0 Å². The maximum absolute atomic E-state index is 12.3. The third-order valence-corrected chi connectivity index (χ3v) is 5.20. The van der Waals surface area contributed by atoms with Gasteiger partial charge in [-0.1, -0.05) is 18.2 Å². The number of halogens is 1. The van der Waals surface area contributed by atoms with Crippen molar-refractivity contribution >= 4 is 46.4 Å². The number of anilines is 2. The Kier molecular flexibility index (Phi) is 7.44. The van der Waals surface area contributed by atoms with Gasteiger partial charge in [-0.3, -0.25) is 10.1 Å². The van der Waals surface area contributed by atoms with Crippen molar-refractivity contribution in [3.05, 3.63) is 47.3 Å². The first kappa shape index (κ1) is 20.2. The minimum absolute atomic E-state index is 0. The van der Waals surface area contributed by atoms with Gasteiger partial charge in [-0.15, -0.1) is 23.7 Å². The molecule has 2 aromatic rings. The monoisotopic (exact) mass is 394 g/mol. The first-order valence-corrected chi connectivity index (χ1v) is 9.21. The number of hydrogen-bond donors (Lipinski definition) is 4. The molecule has 0 spiro atoms. The molecule has 1 aliphatic rings. The molecule has 1 saturated carbocycles. The quantitative estimate of drug-likeness (QED) is 0.634. The molecule has 1 aromatic heterocycles. The number of carbonyl (C=O) groups excluding carboxylic acids is 2. The number of rotatable bonds is 4. The van der Waals surface area contributed by atoms with Crippen LogP contribution in [0.4, 0.5) is 15.5 Å². The van der Waals surface area contributed by atoms with Gasteiger partial charge in [0, 0.05) is 17.8 Å². The Morgan fingerprint density at radius 2 is 1.65 bits per heavy atom. The summed E-state index contributed by atoms with van der Waals surface area (Å²) in [5.41, 5.74) is 6.60. The highest BCUT2D eigenvalue weighted by atomic mass is 35.5. The largest absolute Gasteiger partial charge is 0.349 e. The molecule has 1 fully saturated rings. The summed E-state index contributed by atoms with van der Waals surface area (Å²) >= 11 is 1.26. The molecule has 0 aliphatic heterocycles. The van der Waals surface area contributed by atoms with E-state index in [1.54, 1.807) is 12.1 Å². The second-order valence-corrected chi connectivity index (χ2v) is 7.28. The minimum atomic E-state index is -0.332. The second kappa shape index (κ2) is 9.56. The number of nitrogens with two attached hydrogens (primary N) is 1. The zero-order chi connectivity index (χ0) is 17.6. The SMILES string of the molecule is Cl.NC1CCC(NC(=O)c2ccc(NC(=O)Nc3ccccc3)s2)CC1. The molecule has 0 saturated heterocycles. The summed E-state index contributed by atoms with van der Waals surface area (Å²) in [5, 5.41) is 9.17. The van der Waals surface area contributed by atoms with Crippen molar-refractivity contribution < 1.29 is 9.59 Å². The van der Waals surface area contributed by atoms with Crippen LogP contribution in [0.3, 0.4) is 0 Å². The molecule has 0 bridgehead atoms. The summed E-state index contributed by atoms with van der Waals surface area (Å²) in [4.78, 5) is 24.9. The fourth-order valence-electron chi connectivity index (χ4n) is 2.84. The zero-order valence-corrected chi connectivity index (χ0v) is 15.9. The van der Waals surface area contributed by atoms with Gasteiger partial charge >= 0.3 is 6.03 Å². The van der Waals surface area contributed by atoms with E-state index >= 15 is 0 Å². The average molecular weight is 395 g/mol. The molecule has 1 heterocycles. The number of hydrogen-bond acceptors (Lipinski definition) is 4. The van der Waals surface area contributed by atoms with Gasteiger partial charge in [-0.2, -0.15) is 0 Å². The van der Waals surface area contributed by atoms with Gasteiger partial charge in [0.05, 0.1) is 9.88 Å². The number of amides is 3. The lowest BCUT2D eigenvalue weighted by atomic mass is 9.92. The van der Waals surface area contributed by atoms with E-state index in [1.807, 2.05) is 30.3 Å². The lowest BCUT2D eigenvalue weighted by molar-refractivity contribution is 0.0930. The zero-order valence-electron chi connectivity index (χ0n) is 14.2. The second-order valence-electron chi connectivity index (χ2n) is 6.19. The number of carbonyl (C=O) groups is 2. The van der Waals surface area contributed by atoms with Crippen LogP contribution in [-0.4, -0.2) is 24.0 Å². The van der Waals surface area contributed by atoms with Crippen LogP contribution in [0.2, 0.25) is 0 Å². The highest BCUT2D eigenvalue weighted by Gasteiger charge is 2.21. The highest BCUT2D eigenvalue weighted by Crippen LogP contribution is 2.23. The molecular formula is C18H23ClN4O2S. The van der Waals surface area contributed by atoms with Gasteiger partial charge in [0.2, 0.25) is 0 Å². The number of urea groups is 1. The van der Waals surface area contributed by atoms with Gasteiger partial charge in [0.25, 0.3) is 5.91 Å². The molecule has 5 N–H and O–H groups in total. The highest BCUT2D eigenvalue weighted by molar-refractivity contribution is 7.18. The molecule has 26 heavy (non-hydrogen) atoms. The first-order valence-electron chi connectivity index (χ1n) is 8.39. The van der Waals surface area contributed by atoms with Crippen LogP contribution in [0, 0.1) is 0 Å². The third-order valence-electron chi connectivity index (χ3n) is 4.21. The Labute approximate surface area is 163 Å². The average Bonchev–Trinajstić information content (AvgIpc) is 3.06. The molecule has 0 unspecified atom stereocenters. The van der Waals surface area contributed by atoms with E-state index in [1.165, 1.54) is 11.3 Å². The molecule has 1 aromatic carbocycles. The Hall–Kier alpha value is -2.09. The van der Waals surface area contributed by atoms with Crippen molar-refractivity contribution in [3.8, 4) is 0 Å². The van der Waals surface area contributed by atoms with Crippen molar-refractivity contribution in [2.75, 3.05) is 10.6 Å². The Morgan fingerprint density at radius 3 is 2.35 bits per heavy atom. The molecular weight excluding hydrogens is 372 g/mol. The predicted molar refractivity (Wildman–Crippen MR) is 108 cm³/mol. The fraction of sp³-hybridized carbons (Fsp3) is 0.333. The topological polar surface area (TPSA) is 96.2 Å². The van der Waals surface area contributed by atoms with Crippen molar-refractivity contribution in [1.82, 2.24) is 5.32 Å². The van der Waals surface area contributed by atoms with Crippen molar-refractivity contribution in [1.29, 1.82) is 0 Å². The maximum Gasteiger partial charge on any atom is 0.324 e. The van der Waals surface area contributed by atoms with Gasteiger partial charge < -0.3 is 16.4 Å². The fourth-order valence-corrected chi connectivity index (χ4v) is 3.65. The van der Waals surface area contributed by atoms with Crippen LogP contribution in [0.15, 0.2) is 42.5 Å². The van der Waals surface area contributed by atoms with E-state index in [4.69, 9.17) is 5.73 Å². The summed E-state index contributed by atoms with van der Waals surface area (Å²) in [6.45, 7) is 0. The molecule has 3 amide bonds. The van der Waals surface area contributed by atoms with Crippen LogP contribution in [0.1, 0.15) is 35.4 Å². The van der Waals surface area contributed by atoms with Crippen molar-refractivity contribution in [3.63, 3.8) is 0 Å². The van der Waals surface area contributed by atoms with Crippen LogP contribution in [0.25, 0.3) is 0 Å². The Morgan fingerprint density at radius 1 is 0.962 bits per heavy atom. The molecule has 8 heteroatoms. The van der Waals surface area contributed by atoms with Crippen molar-refractivity contribution in [2.45, 2.75) is 37.8 Å². The molecule has 1 aliphatic carbocycles. The molecule has 140 valence electrons. The first-order chi connectivity index (χ1) is 12.1. The molecule has 0 atom stereocenters. The van der Waals surface area contributed by atoms with Gasteiger partial charge in [0.15, 0.2) is 0 Å². The number of nitrogens with one attached hydrogen (secondary N) is 3. The molecule has 0 radical (unpaired) electrons. The van der Waals surface area contributed by atoms with E-state index in [0.29, 0.717) is 15.6 Å². The van der Waals surface area contributed by atoms with Crippen LogP contribution >= 0.6 is 23.7 Å². The summed E-state index contributed by atoms with van der Waals surface area (Å²) < 4.78 is 0. The van der Waals surface area contributed by atoms with Gasteiger partial charge in [-0.25, -0.2) is 4.79 Å². The van der Waals surface area contributed by atoms with Crippen molar-refractivity contribution in [2.24, 2.45) is 5.73 Å². The van der Waals surface area contributed by atoms with Crippen LogP contribution < -0.4 is 21.7 Å². The smallest absolute Gasteiger partial charge is 0.324 e. The standard InChI is InChI=1S/C18H22N4O2S.ClH/c19-12-6-8-14(9-7-12)20-17(23)15-10-11-16(25-15)22-18(24)21-13-4-2-1-3-5-13;/h1-5,10-12,14H,6-9,19H2,(H,20,23)(H2,21,22,24);1H. The lowest BCUT2D eigenvalue weighted by Crippen LogP contribution is -2.40. The van der Waals surface area contributed by atoms with E-state index in [-0.39, 0.29) is 36.4 Å². The van der Waals surface area contributed by atoms with E-state index in [9.17, 15) is 9.59 Å². The number of para-hydroxylation sites is 1. The van der Waals surface area contributed by atoms with Gasteiger partial charge in [-0.05, 0) is 49.9 Å². The van der Waals surface area contributed by atoms with E-state index in [0.717, 1.165) is 25.7 Å². The van der Waals surface area contributed by atoms with E-state index in [2.05, 4.69) is 16.0 Å². The lowest BCUT2D eigenvalue weighted by Gasteiger charge is -2.26. The molecule has 3 rings (SSSR count). The summed E-state index contributed by atoms with van der Waals surface area (Å²) in [5.74, 6) is -0.0954. The maximum atomic E-state index is 12.3. The van der Waals surface area contributed by atoms with E-state index < -0.39 is 0 Å². The normalized spacial score (nSPS) is 19.1. The Bertz CT molecular complexity index is 730. The van der Waals surface area contributed by atoms with Crippen LogP contribution in [0.5, 0.6) is 0 Å². The summed E-state index contributed by atoms with van der Waals surface area (Å²) in [6.07, 6.45) is 3.73. The Balaban J connectivity index is 0.00000243. The number of benzene rings is 1. The predicted octanol–water partition coefficient (Wildman–Crippen LogP) is 3.81. The van der Waals surface area contributed by atoms with Crippen LogP contribution in [-0.2, 0) is 0 Å². The third kappa shape index (κ3) is 5.72. The number of thiophene rings is 1. The molecule has 6 nitrogen and oxygen atoms in total. The summed E-state index contributed by atoms with van der Waals surface area (Å²) in [6, 6.07) is 12.8. The minimum Gasteiger partial charge on any atom is -0.349 e. The summed E-state index contributed by atoms with van der Waals surface area (Å²) in [7, 11) is 0.